The van der Waals surface area contributed by atoms with E-state index in [0.29, 0.717) is 0 Å². The van der Waals surface area contributed by atoms with Gasteiger partial charge in [-0.15, -0.1) is 0 Å². The number of carbonyl (C=O) groups is 1. The fourth-order valence-corrected chi connectivity index (χ4v) is 2.53. The summed E-state index contributed by atoms with van der Waals surface area (Å²) < 4.78 is 26.1. The fourth-order valence-electron chi connectivity index (χ4n) is 2.53. The molecule has 0 heterocycles. The van der Waals surface area contributed by atoms with Gasteiger partial charge >= 0.3 is 0 Å². The number of anilines is 1. The second-order valence-electron chi connectivity index (χ2n) is 5.37. The third-order valence-corrected chi connectivity index (χ3v) is 3.59. The molecule has 1 aliphatic carbocycles. The van der Waals surface area contributed by atoms with Crippen molar-refractivity contribution in [2.24, 2.45) is 0 Å². The van der Waals surface area contributed by atoms with Crippen LogP contribution >= 0.6 is 0 Å². The number of carbonyl (C=O) groups excluding carboxylic acids is 1. The second kappa shape index (κ2) is 6.68. The molecule has 110 valence electrons. The number of rotatable bonds is 4. The molecule has 1 aromatic rings. The van der Waals surface area contributed by atoms with Crippen LogP contribution in [0, 0.1) is 11.6 Å². The number of hydrogen-bond acceptors (Lipinski definition) is 2. The average Bonchev–Trinajstić information content (AvgIpc) is 2.38. The molecule has 1 atom stereocenters. The Morgan fingerprint density at radius 2 is 1.75 bits per heavy atom. The van der Waals surface area contributed by atoms with Crippen LogP contribution in [0.5, 0.6) is 0 Å². The zero-order chi connectivity index (χ0) is 14.5. The summed E-state index contributed by atoms with van der Waals surface area (Å²) in [6.45, 7) is 1.68. The van der Waals surface area contributed by atoms with Crippen LogP contribution in [0.2, 0.25) is 0 Å². The van der Waals surface area contributed by atoms with Crippen LogP contribution < -0.4 is 10.6 Å². The number of nitrogens with one attached hydrogen (secondary N) is 2. The Hall–Kier alpha value is -1.65. The Labute approximate surface area is 117 Å². The first-order valence-electron chi connectivity index (χ1n) is 7.07. The predicted octanol–water partition coefficient (Wildman–Crippen LogP) is 3.21. The zero-order valence-electron chi connectivity index (χ0n) is 11.6. The van der Waals surface area contributed by atoms with Gasteiger partial charge in [0.2, 0.25) is 5.91 Å². The van der Waals surface area contributed by atoms with Gasteiger partial charge in [0.15, 0.2) is 0 Å². The topological polar surface area (TPSA) is 41.1 Å². The lowest BCUT2D eigenvalue weighted by Gasteiger charge is -2.25. The van der Waals surface area contributed by atoms with Crippen LogP contribution in [0.3, 0.4) is 0 Å². The maximum atomic E-state index is 13.1. The first-order chi connectivity index (χ1) is 9.54. The Morgan fingerprint density at radius 1 is 1.15 bits per heavy atom. The van der Waals surface area contributed by atoms with Gasteiger partial charge in [-0.25, -0.2) is 8.78 Å². The van der Waals surface area contributed by atoms with Crippen molar-refractivity contribution in [3.63, 3.8) is 0 Å². The van der Waals surface area contributed by atoms with E-state index < -0.39 is 17.7 Å². The summed E-state index contributed by atoms with van der Waals surface area (Å²) in [5, 5.41) is 5.80. The van der Waals surface area contributed by atoms with Gasteiger partial charge in [0.1, 0.15) is 17.7 Å². The number of benzene rings is 1. The summed E-state index contributed by atoms with van der Waals surface area (Å²) in [7, 11) is 0. The lowest BCUT2D eigenvalue weighted by atomic mass is 9.95. The molecular weight excluding hydrogens is 262 g/mol. The third-order valence-electron chi connectivity index (χ3n) is 3.59. The van der Waals surface area contributed by atoms with Crippen LogP contribution in [0.25, 0.3) is 0 Å². The lowest BCUT2D eigenvalue weighted by molar-refractivity contribution is -0.122. The van der Waals surface area contributed by atoms with Crippen LogP contribution in [0.1, 0.15) is 39.0 Å². The van der Waals surface area contributed by atoms with Crippen LogP contribution in [-0.4, -0.2) is 18.0 Å². The molecule has 0 saturated heterocycles. The highest BCUT2D eigenvalue weighted by Gasteiger charge is 2.19. The first-order valence-corrected chi connectivity index (χ1v) is 7.07. The molecule has 0 aliphatic heterocycles. The van der Waals surface area contributed by atoms with E-state index in [0.717, 1.165) is 31.7 Å². The SMILES string of the molecule is CC(Nc1cc(F)cc(F)c1)C(=O)NC1CCCCC1. The molecule has 0 bridgehead atoms. The summed E-state index contributed by atoms with van der Waals surface area (Å²) in [6.07, 6.45) is 5.52. The molecular formula is C15H20F2N2O. The minimum atomic E-state index is -0.660. The van der Waals surface area contributed by atoms with E-state index in [4.69, 9.17) is 0 Å². The maximum Gasteiger partial charge on any atom is 0.242 e. The van der Waals surface area contributed by atoms with E-state index in [-0.39, 0.29) is 17.6 Å². The Bertz CT molecular complexity index is 453. The lowest BCUT2D eigenvalue weighted by Crippen LogP contribution is -2.44. The Kier molecular flexibility index (Phi) is 4.93. The Balaban J connectivity index is 1.89. The molecule has 0 aromatic heterocycles. The third kappa shape index (κ3) is 4.18. The molecule has 0 spiro atoms. The van der Waals surface area contributed by atoms with E-state index in [1.165, 1.54) is 18.6 Å². The van der Waals surface area contributed by atoms with Crippen molar-refractivity contribution in [2.45, 2.75) is 51.1 Å². The molecule has 2 N–H and O–H groups in total. The van der Waals surface area contributed by atoms with Gasteiger partial charge in [-0.1, -0.05) is 19.3 Å². The van der Waals surface area contributed by atoms with Crippen LogP contribution in [0.4, 0.5) is 14.5 Å². The van der Waals surface area contributed by atoms with Gasteiger partial charge in [-0.2, -0.15) is 0 Å². The molecule has 2 rings (SSSR count). The van der Waals surface area contributed by atoms with E-state index in [2.05, 4.69) is 10.6 Å². The van der Waals surface area contributed by atoms with Crippen LogP contribution in [0.15, 0.2) is 18.2 Å². The molecule has 1 aliphatic rings. The molecule has 0 radical (unpaired) electrons. The van der Waals surface area contributed by atoms with Gasteiger partial charge in [0.25, 0.3) is 0 Å². The van der Waals surface area contributed by atoms with Gasteiger partial charge in [-0.3, -0.25) is 4.79 Å². The highest BCUT2D eigenvalue weighted by Crippen LogP contribution is 2.18. The number of hydrogen-bond donors (Lipinski definition) is 2. The quantitative estimate of drug-likeness (QED) is 0.890. The smallest absolute Gasteiger partial charge is 0.242 e. The molecule has 1 fully saturated rings. The monoisotopic (exact) mass is 282 g/mol. The summed E-state index contributed by atoms with van der Waals surface area (Å²) in [5.41, 5.74) is 0.272. The average molecular weight is 282 g/mol. The van der Waals surface area contributed by atoms with Crippen molar-refractivity contribution in [1.29, 1.82) is 0 Å². The van der Waals surface area contributed by atoms with Gasteiger partial charge in [0, 0.05) is 17.8 Å². The summed E-state index contributed by atoms with van der Waals surface area (Å²) >= 11 is 0. The van der Waals surface area contributed by atoms with Gasteiger partial charge in [-0.05, 0) is 31.9 Å². The molecule has 1 amide bonds. The van der Waals surface area contributed by atoms with Gasteiger partial charge < -0.3 is 10.6 Å². The normalized spacial score (nSPS) is 17.6. The second-order valence-corrected chi connectivity index (χ2v) is 5.37. The molecule has 20 heavy (non-hydrogen) atoms. The van der Waals surface area contributed by atoms with Crippen LogP contribution in [-0.2, 0) is 4.79 Å². The van der Waals surface area contributed by atoms with E-state index in [1.807, 2.05) is 0 Å². The van der Waals surface area contributed by atoms with Gasteiger partial charge in [0.05, 0.1) is 0 Å². The largest absolute Gasteiger partial charge is 0.374 e. The predicted molar refractivity (Wildman–Crippen MR) is 74.5 cm³/mol. The standard InChI is InChI=1S/C15H20F2N2O/c1-10(15(20)19-13-5-3-2-4-6-13)18-14-8-11(16)7-12(17)9-14/h7-10,13,18H,2-6H2,1H3,(H,19,20). The Morgan fingerprint density at radius 3 is 2.35 bits per heavy atom. The highest BCUT2D eigenvalue weighted by molar-refractivity contribution is 5.84. The van der Waals surface area contributed by atoms with E-state index >= 15 is 0 Å². The molecule has 5 heteroatoms. The summed E-state index contributed by atoms with van der Waals surface area (Å²) in [4.78, 5) is 12.0. The maximum absolute atomic E-state index is 13.1. The van der Waals surface area contributed by atoms with Crippen molar-refractivity contribution in [3.05, 3.63) is 29.8 Å². The van der Waals surface area contributed by atoms with Crippen molar-refractivity contribution in [2.75, 3.05) is 5.32 Å². The minimum Gasteiger partial charge on any atom is -0.374 e. The number of halogens is 2. The van der Waals surface area contributed by atoms with Crippen molar-refractivity contribution in [3.8, 4) is 0 Å². The first kappa shape index (κ1) is 14.8. The molecule has 1 saturated carbocycles. The minimum absolute atomic E-state index is 0.137. The van der Waals surface area contributed by atoms with Crippen molar-refractivity contribution in [1.82, 2.24) is 5.32 Å². The van der Waals surface area contributed by atoms with Crippen molar-refractivity contribution < 1.29 is 13.6 Å². The molecule has 1 aromatic carbocycles. The summed E-state index contributed by atoms with van der Waals surface area (Å²) in [5.74, 6) is -1.46. The zero-order valence-corrected chi connectivity index (χ0v) is 11.6. The number of amides is 1. The fraction of sp³-hybridized carbons (Fsp3) is 0.533. The summed E-state index contributed by atoms with van der Waals surface area (Å²) in [6, 6.07) is 2.85. The highest BCUT2D eigenvalue weighted by atomic mass is 19.1. The van der Waals surface area contributed by atoms with Crippen molar-refractivity contribution >= 4 is 11.6 Å². The van der Waals surface area contributed by atoms with E-state index in [9.17, 15) is 13.6 Å². The van der Waals surface area contributed by atoms with E-state index in [1.54, 1.807) is 6.92 Å². The molecule has 3 nitrogen and oxygen atoms in total. The molecule has 1 unspecified atom stereocenters.